The van der Waals surface area contributed by atoms with Crippen molar-refractivity contribution in [3.05, 3.63) is 87.0 Å². The third-order valence-corrected chi connectivity index (χ3v) is 6.50. The molecule has 0 aliphatic carbocycles. The third-order valence-electron chi connectivity index (χ3n) is 6.50. The van der Waals surface area contributed by atoms with Crippen molar-refractivity contribution in [2.45, 2.75) is 32.6 Å². The summed E-state index contributed by atoms with van der Waals surface area (Å²) in [5.41, 5.74) is -1.90. The lowest BCUT2D eigenvalue weighted by Crippen LogP contribution is -2.25. The second kappa shape index (κ2) is 11.4. The Balaban J connectivity index is 1.79. The predicted molar refractivity (Wildman–Crippen MR) is 142 cm³/mol. The van der Waals surface area contributed by atoms with E-state index in [0.717, 1.165) is 31.5 Å². The number of hydrogen-bond acceptors (Lipinski definition) is 8. The van der Waals surface area contributed by atoms with E-state index in [2.05, 4.69) is 20.0 Å². The molecule has 0 spiro atoms. The Morgan fingerprint density at radius 2 is 1.78 bits per heavy atom. The van der Waals surface area contributed by atoms with Gasteiger partial charge in [0.25, 0.3) is 5.56 Å². The van der Waals surface area contributed by atoms with Crippen LogP contribution < -0.4 is 20.3 Å². The molecule has 2 aromatic heterocycles. The molecule has 0 aliphatic heterocycles. The standard InChI is InChI=1S/C28H26F4N4O5/c1-14(34-23-12-33-22(11-20(23)29)27(38)41-5)17-9-18-21(10-19(17)28(30,31)32)35-15(2)36(26(18)37)13-16-6-7-24(39-3)25(8-16)40-4/h6-12,14,34H,13H2,1-5H3/t14-/m0/s1. The van der Waals surface area contributed by atoms with Gasteiger partial charge in [0.1, 0.15) is 11.6 Å². The van der Waals surface area contributed by atoms with Gasteiger partial charge in [-0.3, -0.25) is 9.36 Å². The molecule has 2 heterocycles. The summed E-state index contributed by atoms with van der Waals surface area (Å²) in [6.45, 7) is 2.98. The molecule has 1 atom stereocenters. The highest BCUT2D eigenvalue weighted by molar-refractivity contribution is 5.87. The summed E-state index contributed by atoms with van der Waals surface area (Å²) in [7, 11) is 4.07. The molecule has 0 saturated heterocycles. The van der Waals surface area contributed by atoms with Crippen LogP contribution >= 0.6 is 0 Å². The fourth-order valence-corrected chi connectivity index (χ4v) is 4.41. The lowest BCUT2D eigenvalue weighted by Gasteiger charge is -2.22. The van der Waals surface area contributed by atoms with Crippen molar-refractivity contribution in [1.29, 1.82) is 0 Å². The van der Waals surface area contributed by atoms with E-state index < -0.39 is 35.1 Å². The maximum absolute atomic E-state index is 14.7. The molecule has 0 bridgehead atoms. The first-order valence-electron chi connectivity index (χ1n) is 12.2. The molecular weight excluding hydrogens is 548 g/mol. The third kappa shape index (κ3) is 5.93. The summed E-state index contributed by atoms with van der Waals surface area (Å²) in [6, 6.07) is 6.71. The normalized spacial score (nSPS) is 12.2. The summed E-state index contributed by atoms with van der Waals surface area (Å²) in [4.78, 5) is 33.3. The summed E-state index contributed by atoms with van der Waals surface area (Å²) in [5.74, 6) is -0.638. The SMILES string of the molecule is COC(=O)c1cc(F)c(N[C@@H](C)c2cc3c(=O)n(Cc4ccc(OC)c(OC)c4)c(C)nc3cc2C(F)(F)F)cn1. The van der Waals surface area contributed by atoms with Crippen LogP contribution in [0.3, 0.4) is 0 Å². The molecule has 216 valence electrons. The maximum atomic E-state index is 14.7. The van der Waals surface area contributed by atoms with Gasteiger partial charge in [0.15, 0.2) is 17.2 Å². The number of carbonyl (C=O) groups excluding carboxylic acids is 1. The van der Waals surface area contributed by atoms with E-state index in [-0.39, 0.29) is 40.2 Å². The average Bonchev–Trinajstić information content (AvgIpc) is 2.94. The van der Waals surface area contributed by atoms with Gasteiger partial charge in [0, 0.05) is 12.1 Å². The minimum atomic E-state index is -4.80. The van der Waals surface area contributed by atoms with Crippen LogP contribution in [0.25, 0.3) is 10.9 Å². The molecule has 0 aliphatic rings. The number of rotatable bonds is 8. The Kier molecular flexibility index (Phi) is 8.17. The van der Waals surface area contributed by atoms with Crippen LogP contribution in [0.1, 0.15) is 46.0 Å². The minimum Gasteiger partial charge on any atom is -0.493 e. The molecule has 0 amide bonds. The van der Waals surface area contributed by atoms with E-state index in [4.69, 9.17) is 9.47 Å². The molecular formula is C28H26F4N4O5. The number of methoxy groups -OCH3 is 3. The summed E-state index contributed by atoms with van der Waals surface area (Å²) >= 11 is 0. The van der Waals surface area contributed by atoms with Crippen molar-refractivity contribution in [3.63, 3.8) is 0 Å². The van der Waals surface area contributed by atoms with Gasteiger partial charge in [-0.15, -0.1) is 0 Å². The van der Waals surface area contributed by atoms with Crippen LogP contribution in [0.5, 0.6) is 11.5 Å². The molecule has 9 nitrogen and oxygen atoms in total. The lowest BCUT2D eigenvalue weighted by atomic mass is 9.98. The van der Waals surface area contributed by atoms with Crippen molar-refractivity contribution in [1.82, 2.24) is 14.5 Å². The van der Waals surface area contributed by atoms with Gasteiger partial charge < -0.3 is 19.5 Å². The second-order valence-electron chi connectivity index (χ2n) is 9.10. The number of nitrogens with zero attached hydrogens (tertiary/aromatic N) is 3. The smallest absolute Gasteiger partial charge is 0.416 e. The number of aryl methyl sites for hydroxylation is 1. The van der Waals surface area contributed by atoms with Crippen molar-refractivity contribution in [2.24, 2.45) is 0 Å². The number of pyridine rings is 1. The van der Waals surface area contributed by atoms with Crippen LogP contribution in [0.4, 0.5) is 23.2 Å². The zero-order chi connectivity index (χ0) is 30.1. The summed E-state index contributed by atoms with van der Waals surface area (Å²) in [5, 5.41) is 2.60. The first-order chi connectivity index (χ1) is 19.4. The Morgan fingerprint density at radius 3 is 2.39 bits per heavy atom. The van der Waals surface area contributed by atoms with E-state index in [1.807, 2.05) is 0 Å². The molecule has 0 unspecified atom stereocenters. The van der Waals surface area contributed by atoms with Gasteiger partial charge in [-0.25, -0.2) is 19.2 Å². The first-order valence-corrected chi connectivity index (χ1v) is 12.2. The van der Waals surface area contributed by atoms with Crippen LogP contribution in [0.15, 0.2) is 47.4 Å². The Labute approximate surface area is 231 Å². The van der Waals surface area contributed by atoms with Crippen molar-refractivity contribution in [3.8, 4) is 11.5 Å². The van der Waals surface area contributed by atoms with E-state index in [9.17, 15) is 27.2 Å². The van der Waals surface area contributed by atoms with Crippen molar-refractivity contribution in [2.75, 3.05) is 26.6 Å². The molecule has 41 heavy (non-hydrogen) atoms. The molecule has 4 rings (SSSR count). The zero-order valence-corrected chi connectivity index (χ0v) is 22.7. The van der Waals surface area contributed by atoms with Crippen LogP contribution in [0, 0.1) is 12.7 Å². The predicted octanol–water partition coefficient (Wildman–Crippen LogP) is 5.28. The van der Waals surface area contributed by atoms with Gasteiger partial charge in [0.2, 0.25) is 0 Å². The maximum Gasteiger partial charge on any atom is 0.416 e. The van der Waals surface area contributed by atoms with E-state index in [1.54, 1.807) is 18.2 Å². The number of fused-ring (bicyclic) bond motifs is 1. The number of anilines is 1. The highest BCUT2D eigenvalue weighted by Gasteiger charge is 2.36. The molecule has 0 fully saturated rings. The van der Waals surface area contributed by atoms with Crippen LogP contribution in [-0.2, 0) is 17.5 Å². The van der Waals surface area contributed by atoms with Gasteiger partial charge in [-0.05, 0) is 49.2 Å². The monoisotopic (exact) mass is 574 g/mol. The molecule has 0 radical (unpaired) electrons. The van der Waals surface area contributed by atoms with Crippen LogP contribution in [0.2, 0.25) is 0 Å². The number of esters is 1. The quantitative estimate of drug-likeness (QED) is 0.224. The number of alkyl halides is 3. The topological polar surface area (TPSA) is 105 Å². The Morgan fingerprint density at radius 1 is 1.07 bits per heavy atom. The number of ether oxygens (including phenoxy) is 3. The summed E-state index contributed by atoms with van der Waals surface area (Å²) < 4.78 is 73.5. The highest BCUT2D eigenvalue weighted by Crippen LogP contribution is 2.37. The fourth-order valence-electron chi connectivity index (χ4n) is 4.41. The second-order valence-corrected chi connectivity index (χ2v) is 9.10. The van der Waals surface area contributed by atoms with Gasteiger partial charge in [0.05, 0.1) is 56.2 Å². The van der Waals surface area contributed by atoms with Crippen LogP contribution in [-0.4, -0.2) is 41.8 Å². The lowest BCUT2D eigenvalue weighted by molar-refractivity contribution is -0.138. The van der Waals surface area contributed by atoms with Gasteiger partial charge >= 0.3 is 12.1 Å². The highest BCUT2D eigenvalue weighted by atomic mass is 19.4. The number of aromatic nitrogens is 3. The van der Waals surface area contributed by atoms with Crippen molar-refractivity contribution < 1.29 is 36.6 Å². The molecule has 0 saturated carbocycles. The first kappa shape index (κ1) is 29.3. The van der Waals surface area contributed by atoms with E-state index >= 15 is 0 Å². The minimum absolute atomic E-state index is 0.0487. The largest absolute Gasteiger partial charge is 0.493 e. The average molecular weight is 575 g/mol. The number of nitrogens with one attached hydrogen (secondary N) is 1. The summed E-state index contributed by atoms with van der Waals surface area (Å²) in [6.07, 6.45) is -3.82. The Bertz CT molecular complexity index is 1690. The molecule has 4 aromatic rings. The number of benzene rings is 2. The fraction of sp³-hybridized carbons (Fsp3) is 0.286. The number of hydrogen-bond donors (Lipinski definition) is 1. The molecule has 13 heteroatoms. The molecule has 2 aromatic carbocycles. The molecule has 1 N–H and O–H groups in total. The number of carbonyl (C=O) groups is 1. The van der Waals surface area contributed by atoms with E-state index in [1.165, 1.54) is 32.6 Å². The number of halogens is 4. The van der Waals surface area contributed by atoms with Gasteiger partial charge in [-0.2, -0.15) is 13.2 Å². The zero-order valence-electron chi connectivity index (χ0n) is 22.7. The Hall–Kier alpha value is -4.68. The van der Waals surface area contributed by atoms with Crippen molar-refractivity contribution >= 4 is 22.6 Å². The van der Waals surface area contributed by atoms with E-state index in [0.29, 0.717) is 17.1 Å². The van der Waals surface area contributed by atoms with Gasteiger partial charge in [-0.1, -0.05) is 6.07 Å².